The molecule has 0 aliphatic rings. The molecule has 90 valence electrons. The Hall–Kier alpha value is -0.980. The van der Waals surface area contributed by atoms with E-state index < -0.39 is 0 Å². The van der Waals surface area contributed by atoms with E-state index in [1.165, 1.54) is 11.1 Å². The van der Waals surface area contributed by atoms with Crippen LogP contribution in [0.3, 0.4) is 0 Å². The largest absolute Gasteiger partial charge is 0.399 e. The fourth-order valence-corrected chi connectivity index (χ4v) is 0.982. The van der Waals surface area contributed by atoms with Gasteiger partial charge in [-0.1, -0.05) is 45.4 Å². The Labute approximate surface area is 96.8 Å². The van der Waals surface area contributed by atoms with E-state index in [1.807, 2.05) is 20.8 Å². The topological polar surface area (TPSA) is 26.0 Å². The van der Waals surface area contributed by atoms with E-state index in [4.69, 9.17) is 5.73 Å². The summed E-state index contributed by atoms with van der Waals surface area (Å²) in [7, 11) is 0. The van der Waals surface area contributed by atoms with Gasteiger partial charge in [-0.3, -0.25) is 0 Å². The predicted molar refractivity (Wildman–Crippen MR) is 73.8 cm³/mol. The van der Waals surface area contributed by atoms with Crippen molar-refractivity contribution in [1.82, 2.24) is 0 Å². The minimum atomic E-state index is 0.724. The highest BCUT2D eigenvalue weighted by Crippen LogP contribution is 2.14. The Bertz CT molecular complexity index is 184. The standard InChI is InChI=1S/C9H17N.C3H6.C2H6/c1-5-6-9(7(2)3)8(4)10;1-3-2;1-2/h4-6,10H2,1-3H3;3H,1H2,2H3;1-2H3. The number of hydrogen-bond acceptors (Lipinski definition) is 1. The first kappa shape index (κ1) is 19.6. The highest BCUT2D eigenvalue weighted by molar-refractivity contribution is 5.28. The molecule has 0 bridgehead atoms. The van der Waals surface area contributed by atoms with Crippen LogP contribution in [0.4, 0.5) is 0 Å². The zero-order valence-electron chi connectivity index (χ0n) is 11.5. The average Bonchev–Trinajstić information content (AvgIpc) is 2.17. The molecule has 0 saturated heterocycles. The summed E-state index contributed by atoms with van der Waals surface area (Å²) in [6.07, 6.45) is 3.94. The molecule has 0 spiro atoms. The van der Waals surface area contributed by atoms with Crippen LogP contribution in [0.25, 0.3) is 0 Å². The van der Waals surface area contributed by atoms with E-state index in [2.05, 4.69) is 33.9 Å². The van der Waals surface area contributed by atoms with Crippen molar-refractivity contribution in [2.24, 2.45) is 5.73 Å². The highest BCUT2D eigenvalue weighted by Gasteiger charge is 1.98. The molecule has 0 heterocycles. The minimum Gasteiger partial charge on any atom is -0.399 e. The fraction of sp³-hybridized carbons (Fsp3) is 0.571. The molecule has 0 aromatic heterocycles. The van der Waals surface area contributed by atoms with Gasteiger partial charge in [-0.25, -0.2) is 0 Å². The van der Waals surface area contributed by atoms with Crippen molar-refractivity contribution in [3.63, 3.8) is 0 Å². The predicted octanol–water partition coefficient (Wildman–Crippen LogP) is 4.81. The van der Waals surface area contributed by atoms with E-state index >= 15 is 0 Å². The summed E-state index contributed by atoms with van der Waals surface area (Å²) in [5, 5.41) is 0. The summed E-state index contributed by atoms with van der Waals surface area (Å²) < 4.78 is 0. The third-order valence-electron chi connectivity index (χ3n) is 1.49. The first-order valence-electron chi connectivity index (χ1n) is 5.69. The quantitative estimate of drug-likeness (QED) is 0.526. The summed E-state index contributed by atoms with van der Waals surface area (Å²) >= 11 is 0. The van der Waals surface area contributed by atoms with Crippen LogP contribution in [-0.4, -0.2) is 0 Å². The van der Waals surface area contributed by atoms with Crippen LogP contribution >= 0.6 is 0 Å². The maximum atomic E-state index is 5.57. The molecule has 0 atom stereocenters. The molecule has 0 unspecified atom stereocenters. The smallest absolute Gasteiger partial charge is 0.0272 e. The van der Waals surface area contributed by atoms with Gasteiger partial charge in [0.05, 0.1) is 0 Å². The normalized spacial score (nSPS) is 7.33. The molecule has 0 fully saturated rings. The van der Waals surface area contributed by atoms with Crippen LogP contribution in [0.2, 0.25) is 0 Å². The molecule has 0 aromatic carbocycles. The van der Waals surface area contributed by atoms with Gasteiger partial charge in [-0.2, -0.15) is 0 Å². The minimum absolute atomic E-state index is 0.724. The van der Waals surface area contributed by atoms with E-state index in [0.717, 1.165) is 18.5 Å². The Morgan fingerprint density at radius 2 is 1.60 bits per heavy atom. The van der Waals surface area contributed by atoms with Gasteiger partial charge in [0.1, 0.15) is 0 Å². The molecule has 2 N–H and O–H groups in total. The summed E-state index contributed by atoms with van der Waals surface area (Å²) in [5.74, 6) is 0. The number of allylic oxidation sites excluding steroid dienone is 3. The van der Waals surface area contributed by atoms with Crippen molar-refractivity contribution < 1.29 is 0 Å². The number of nitrogens with two attached hydrogens (primary N) is 1. The van der Waals surface area contributed by atoms with Crippen molar-refractivity contribution in [2.45, 2.75) is 54.4 Å². The van der Waals surface area contributed by atoms with Crippen LogP contribution < -0.4 is 5.73 Å². The lowest BCUT2D eigenvalue weighted by Gasteiger charge is -2.06. The first-order valence-corrected chi connectivity index (χ1v) is 5.69. The maximum Gasteiger partial charge on any atom is 0.0272 e. The monoisotopic (exact) mass is 211 g/mol. The maximum absolute atomic E-state index is 5.57. The SMILES string of the molecule is C=C(N)C(CCC)=C(C)C.C=CC.CC. The van der Waals surface area contributed by atoms with Crippen molar-refractivity contribution in [1.29, 1.82) is 0 Å². The third-order valence-corrected chi connectivity index (χ3v) is 1.49. The second kappa shape index (κ2) is 15.5. The molecule has 0 aromatic rings. The fourth-order valence-electron chi connectivity index (χ4n) is 0.982. The number of rotatable bonds is 3. The van der Waals surface area contributed by atoms with Crippen LogP contribution in [-0.2, 0) is 0 Å². The van der Waals surface area contributed by atoms with Crippen LogP contribution in [0, 0.1) is 0 Å². The van der Waals surface area contributed by atoms with Crippen molar-refractivity contribution in [3.05, 3.63) is 36.1 Å². The summed E-state index contributed by atoms with van der Waals surface area (Å²) in [5.41, 5.74) is 8.81. The Balaban J connectivity index is -0.000000245. The van der Waals surface area contributed by atoms with Gasteiger partial charge in [-0.05, 0) is 32.8 Å². The van der Waals surface area contributed by atoms with Gasteiger partial charge >= 0.3 is 0 Å². The van der Waals surface area contributed by atoms with Gasteiger partial charge in [-0.15, -0.1) is 6.58 Å². The average molecular weight is 211 g/mol. The summed E-state index contributed by atoms with van der Waals surface area (Å²) in [6, 6.07) is 0. The van der Waals surface area contributed by atoms with Crippen molar-refractivity contribution in [2.75, 3.05) is 0 Å². The van der Waals surface area contributed by atoms with Gasteiger partial charge in [0.15, 0.2) is 0 Å². The molecule has 0 aliphatic carbocycles. The van der Waals surface area contributed by atoms with Gasteiger partial charge in [0.25, 0.3) is 0 Å². The molecule has 0 radical (unpaired) electrons. The summed E-state index contributed by atoms with van der Waals surface area (Å²) in [4.78, 5) is 0. The molecule has 0 amide bonds. The van der Waals surface area contributed by atoms with Crippen molar-refractivity contribution in [3.8, 4) is 0 Å². The zero-order chi connectivity index (χ0) is 12.9. The molecular formula is C14H29N. The Morgan fingerprint density at radius 1 is 1.27 bits per heavy atom. The van der Waals surface area contributed by atoms with Gasteiger partial charge < -0.3 is 5.73 Å². The molecule has 1 heteroatoms. The van der Waals surface area contributed by atoms with Crippen LogP contribution in [0.1, 0.15) is 54.4 Å². The second-order valence-electron chi connectivity index (χ2n) is 3.16. The van der Waals surface area contributed by atoms with E-state index in [1.54, 1.807) is 6.08 Å². The lowest BCUT2D eigenvalue weighted by molar-refractivity contribution is 0.894. The number of hydrogen-bond donors (Lipinski definition) is 1. The summed E-state index contributed by atoms with van der Waals surface area (Å²) in [6.45, 7) is 19.3. The van der Waals surface area contributed by atoms with E-state index in [0.29, 0.717) is 0 Å². The van der Waals surface area contributed by atoms with Gasteiger partial charge in [0, 0.05) is 5.70 Å². The lowest BCUT2D eigenvalue weighted by atomic mass is 10.0. The lowest BCUT2D eigenvalue weighted by Crippen LogP contribution is -2.00. The molecule has 0 aliphatic heterocycles. The van der Waals surface area contributed by atoms with Gasteiger partial charge in [0.2, 0.25) is 0 Å². The Kier molecular flexibility index (Phi) is 20.2. The van der Waals surface area contributed by atoms with E-state index in [-0.39, 0.29) is 0 Å². The molecule has 0 rings (SSSR count). The van der Waals surface area contributed by atoms with Crippen LogP contribution in [0.5, 0.6) is 0 Å². The van der Waals surface area contributed by atoms with Crippen LogP contribution in [0.15, 0.2) is 36.1 Å². The molecular weight excluding hydrogens is 182 g/mol. The first-order chi connectivity index (χ1) is 7.01. The third kappa shape index (κ3) is 15.7. The Morgan fingerprint density at radius 3 is 1.67 bits per heavy atom. The van der Waals surface area contributed by atoms with Crippen molar-refractivity contribution >= 4 is 0 Å². The molecule has 1 nitrogen and oxygen atoms in total. The zero-order valence-corrected chi connectivity index (χ0v) is 11.5. The van der Waals surface area contributed by atoms with E-state index in [9.17, 15) is 0 Å². The molecule has 0 saturated carbocycles. The molecule has 15 heavy (non-hydrogen) atoms. The highest BCUT2D eigenvalue weighted by atomic mass is 14.6. The second-order valence-corrected chi connectivity index (χ2v) is 3.16.